The lowest BCUT2D eigenvalue weighted by molar-refractivity contribution is -0.121. The fourth-order valence-electron chi connectivity index (χ4n) is 3.19. The molecular weight excluding hydrogens is 276 g/mol. The molecule has 4 nitrogen and oxygen atoms in total. The van der Waals surface area contributed by atoms with Gasteiger partial charge in [0.15, 0.2) is 0 Å². The van der Waals surface area contributed by atoms with E-state index in [1.54, 1.807) is 0 Å². The van der Waals surface area contributed by atoms with Gasteiger partial charge in [-0.1, -0.05) is 18.2 Å². The maximum absolute atomic E-state index is 12.6. The number of anilines is 1. The van der Waals surface area contributed by atoms with Crippen LogP contribution in [0.4, 0.5) is 5.69 Å². The zero-order valence-corrected chi connectivity index (χ0v) is 14.1. The van der Waals surface area contributed by atoms with E-state index in [2.05, 4.69) is 10.2 Å². The predicted molar refractivity (Wildman–Crippen MR) is 90.0 cm³/mol. The first kappa shape index (κ1) is 17.0. The van der Waals surface area contributed by atoms with Gasteiger partial charge >= 0.3 is 0 Å². The van der Waals surface area contributed by atoms with Gasteiger partial charge in [0.2, 0.25) is 5.91 Å². The molecular formula is C18H28N2O2. The molecule has 3 atom stereocenters. The second-order valence-corrected chi connectivity index (χ2v) is 6.57. The molecule has 1 aliphatic rings. The summed E-state index contributed by atoms with van der Waals surface area (Å²) in [5.74, 6) is 0.299. The van der Waals surface area contributed by atoms with Crippen molar-refractivity contribution < 1.29 is 9.90 Å². The quantitative estimate of drug-likeness (QED) is 0.899. The highest BCUT2D eigenvalue weighted by Crippen LogP contribution is 2.23. The van der Waals surface area contributed by atoms with Crippen LogP contribution in [0.25, 0.3) is 0 Å². The number of carbonyl (C=O) groups is 1. The zero-order chi connectivity index (χ0) is 16.3. The highest BCUT2D eigenvalue weighted by Gasteiger charge is 2.29. The van der Waals surface area contributed by atoms with Crippen LogP contribution in [-0.2, 0) is 4.79 Å². The van der Waals surface area contributed by atoms with Crippen LogP contribution in [0.1, 0.15) is 37.8 Å². The molecule has 0 aliphatic carbocycles. The van der Waals surface area contributed by atoms with E-state index < -0.39 is 0 Å². The molecule has 0 spiro atoms. The molecule has 1 aromatic rings. The number of carbonyl (C=O) groups excluding carboxylic acids is 1. The lowest BCUT2D eigenvalue weighted by atomic mass is 9.92. The Bertz CT molecular complexity index is 508. The molecule has 1 heterocycles. The summed E-state index contributed by atoms with van der Waals surface area (Å²) in [5.41, 5.74) is 3.09. The number of nitrogens with one attached hydrogen (secondary N) is 1. The Labute approximate surface area is 133 Å². The molecule has 122 valence electrons. The number of aliphatic hydroxyl groups is 1. The number of amides is 1. The van der Waals surface area contributed by atoms with E-state index in [0.29, 0.717) is 0 Å². The van der Waals surface area contributed by atoms with Crippen LogP contribution in [0, 0.1) is 19.8 Å². The third-order valence-corrected chi connectivity index (χ3v) is 4.83. The Morgan fingerprint density at radius 3 is 2.55 bits per heavy atom. The summed E-state index contributed by atoms with van der Waals surface area (Å²) in [5, 5.41) is 12.9. The fraction of sp³-hybridized carbons (Fsp3) is 0.611. The molecule has 0 saturated carbocycles. The highest BCUT2D eigenvalue weighted by molar-refractivity contribution is 5.95. The molecule has 1 fully saturated rings. The van der Waals surface area contributed by atoms with E-state index in [9.17, 15) is 9.90 Å². The number of hydrogen-bond acceptors (Lipinski definition) is 3. The van der Waals surface area contributed by atoms with Crippen LogP contribution in [0.15, 0.2) is 18.2 Å². The number of aliphatic hydroxyl groups excluding tert-OH is 1. The number of aryl methyl sites for hydroxylation is 2. The number of nitrogens with zero attached hydrogens (tertiary/aromatic N) is 1. The van der Waals surface area contributed by atoms with Gasteiger partial charge in [0.25, 0.3) is 0 Å². The third-order valence-electron chi connectivity index (χ3n) is 4.83. The van der Waals surface area contributed by atoms with Crippen molar-refractivity contribution in [1.29, 1.82) is 0 Å². The molecule has 3 unspecified atom stereocenters. The van der Waals surface area contributed by atoms with E-state index in [1.165, 1.54) is 0 Å². The highest BCUT2D eigenvalue weighted by atomic mass is 16.3. The predicted octanol–water partition coefficient (Wildman–Crippen LogP) is 2.72. The first-order valence-corrected chi connectivity index (χ1v) is 8.19. The number of rotatable bonds is 4. The van der Waals surface area contributed by atoms with Gasteiger partial charge in [-0.3, -0.25) is 9.69 Å². The average Bonchev–Trinajstić information content (AvgIpc) is 2.50. The molecule has 0 radical (unpaired) electrons. The largest absolute Gasteiger partial charge is 0.393 e. The summed E-state index contributed by atoms with van der Waals surface area (Å²) in [4.78, 5) is 14.8. The van der Waals surface area contributed by atoms with Gasteiger partial charge in [0.1, 0.15) is 0 Å². The van der Waals surface area contributed by atoms with Crippen LogP contribution in [0.3, 0.4) is 0 Å². The summed E-state index contributed by atoms with van der Waals surface area (Å²) in [6, 6.07) is 5.84. The molecule has 2 N–H and O–H groups in total. The summed E-state index contributed by atoms with van der Waals surface area (Å²) in [6.07, 6.45) is 1.77. The third kappa shape index (κ3) is 3.87. The molecule has 1 saturated heterocycles. The van der Waals surface area contributed by atoms with E-state index in [4.69, 9.17) is 0 Å². The molecule has 4 heteroatoms. The number of likely N-dealkylation sites (tertiary alicyclic amines) is 1. The number of hydrogen-bond donors (Lipinski definition) is 2. The Balaban J connectivity index is 2.03. The van der Waals surface area contributed by atoms with Crippen molar-refractivity contribution in [3.8, 4) is 0 Å². The zero-order valence-electron chi connectivity index (χ0n) is 14.1. The maximum atomic E-state index is 12.6. The van der Waals surface area contributed by atoms with Crippen LogP contribution < -0.4 is 5.32 Å². The Kier molecular flexibility index (Phi) is 5.59. The van der Waals surface area contributed by atoms with Gasteiger partial charge in [0, 0.05) is 12.2 Å². The monoisotopic (exact) mass is 304 g/mol. The number of benzene rings is 1. The average molecular weight is 304 g/mol. The summed E-state index contributed by atoms with van der Waals surface area (Å²) >= 11 is 0. The van der Waals surface area contributed by atoms with E-state index >= 15 is 0 Å². The van der Waals surface area contributed by atoms with Crippen molar-refractivity contribution in [3.63, 3.8) is 0 Å². The van der Waals surface area contributed by atoms with Gasteiger partial charge in [-0.25, -0.2) is 0 Å². The molecule has 1 aliphatic heterocycles. The van der Waals surface area contributed by atoms with Crippen LogP contribution in [0.5, 0.6) is 0 Å². The van der Waals surface area contributed by atoms with Gasteiger partial charge < -0.3 is 10.4 Å². The van der Waals surface area contributed by atoms with Crippen molar-refractivity contribution >= 4 is 11.6 Å². The van der Waals surface area contributed by atoms with Crippen molar-refractivity contribution in [3.05, 3.63) is 29.3 Å². The van der Waals surface area contributed by atoms with E-state index in [-0.39, 0.29) is 24.0 Å². The minimum absolute atomic E-state index is 0.0312. The summed E-state index contributed by atoms with van der Waals surface area (Å²) in [6.45, 7) is 9.53. The van der Waals surface area contributed by atoms with Crippen molar-refractivity contribution in [2.45, 2.75) is 52.7 Å². The smallest absolute Gasteiger partial charge is 0.241 e. The molecule has 1 aromatic carbocycles. The first-order valence-electron chi connectivity index (χ1n) is 8.19. The van der Waals surface area contributed by atoms with E-state index in [1.807, 2.05) is 45.9 Å². The van der Waals surface area contributed by atoms with Gasteiger partial charge in [-0.05, 0) is 64.1 Å². The van der Waals surface area contributed by atoms with Gasteiger partial charge in [-0.15, -0.1) is 0 Å². The first-order chi connectivity index (χ1) is 10.4. The number of piperidine rings is 1. The minimum Gasteiger partial charge on any atom is -0.393 e. The second kappa shape index (κ2) is 7.25. The molecule has 0 bridgehead atoms. The van der Waals surface area contributed by atoms with Gasteiger partial charge in [0.05, 0.1) is 12.1 Å². The molecule has 22 heavy (non-hydrogen) atoms. The van der Waals surface area contributed by atoms with E-state index in [0.717, 1.165) is 42.7 Å². The Hall–Kier alpha value is -1.39. The van der Waals surface area contributed by atoms with Crippen LogP contribution >= 0.6 is 0 Å². The normalized spacial score (nSPS) is 22.1. The maximum Gasteiger partial charge on any atom is 0.241 e. The molecule has 0 aromatic heterocycles. The lowest BCUT2D eigenvalue weighted by Gasteiger charge is -2.37. The van der Waals surface area contributed by atoms with Gasteiger partial charge in [-0.2, -0.15) is 0 Å². The Morgan fingerprint density at radius 2 is 1.95 bits per heavy atom. The Morgan fingerprint density at radius 1 is 1.32 bits per heavy atom. The van der Waals surface area contributed by atoms with Crippen molar-refractivity contribution in [1.82, 2.24) is 4.90 Å². The molecule has 1 amide bonds. The van der Waals surface area contributed by atoms with Crippen LogP contribution in [0.2, 0.25) is 0 Å². The summed E-state index contributed by atoms with van der Waals surface area (Å²) < 4.78 is 0. The minimum atomic E-state index is -0.309. The standard InChI is InChI=1S/C18H28N2O2/c1-12-7-5-8-13(2)17(12)19-18(22)14(3)20-10-6-9-16(11-20)15(4)21/h5,7-8,14-16,21H,6,9-11H2,1-4H3,(H,19,22). The molecule has 2 rings (SSSR count). The van der Waals surface area contributed by atoms with Crippen molar-refractivity contribution in [2.24, 2.45) is 5.92 Å². The van der Waals surface area contributed by atoms with Crippen molar-refractivity contribution in [2.75, 3.05) is 18.4 Å². The number of para-hydroxylation sites is 1. The lowest BCUT2D eigenvalue weighted by Crippen LogP contribution is -2.48. The summed E-state index contributed by atoms with van der Waals surface area (Å²) in [7, 11) is 0. The second-order valence-electron chi connectivity index (χ2n) is 6.57. The topological polar surface area (TPSA) is 52.6 Å². The fourth-order valence-corrected chi connectivity index (χ4v) is 3.19. The van der Waals surface area contributed by atoms with Crippen LogP contribution in [-0.4, -0.2) is 41.1 Å². The SMILES string of the molecule is Cc1cccc(C)c1NC(=O)C(C)N1CCCC(C(C)O)C1.